The molecule has 1 saturated carbocycles. The van der Waals surface area contributed by atoms with Crippen molar-refractivity contribution in [3.8, 4) is 0 Å². The van der Waals surface area contributed by atoms with Crippen molar-refractivity contribution < 1.29 is 4.79 Å². The third-order valence-electron chi connectivity index (χ3n) is 4.21. The van der Waals surface area contributed by atoms with Gasteiger partial charge in [0.15, 0.2) is 0 Å². The largest absolute Gasteiger partial charge is 0.348 e. The van der Waals surface area contributed by atoms with Gasteiger partial charge in [0.2, 0.25) is 5.95 Å². The normalized spacial score (nSPS) is 14.7. The van der Waals surface area contributed by atoms with Gasteiger partial charge in [-0.1, -0.05) is 30.5 Å². The van der Waals surface area contributed by atoms with Crippen molar-refractivity contribution in [3.63, 3.8) is 0 Å². The zero-order valence-corrected chi connectivity index (χ0v) is 13.6. The number of benzene rings is 1. The average Bonchev–Trinajstić information content (AvgIpc) is 3.03. The summed E-state index contributed by atoms with van der Waals surface area (Å²) < 4.78 is 0. The van der Waals surface area contributed by atoms with Crippen LogP contribution in [0.5, 0.6) is 0 Å². The van der Waals surface area contributed by atoms with E-state index in [4.69, 9.17) is 0 Å². The maximum Gasteiger partial charge on any atom is 0.270 e. The van der Waals surface area contributed by atoms with Gasteiger partial charge in [-0.3, -0.25) is 4.79 Å². The van der Waals surface area contributed by atoms with E-state index < -0.39 is 0 Å². The third kappa shape index (κ3) is 3.86. The first kappa shape index (κ1) is 15.5. The van der Waals surface area contributed by atoms with E-state index in [1.165, 1.54) is 18.4 Å². The summed E-state index contributed by atoms with van der Waals surface area (Å²) in [5.74, 6) is 0.319. The minimum atomic E-state index is -0.122. The maximum absolute atomic E-state index is 12.3. The van der Waals surface area contributed by atoms with Crippen molar-refractivity contribution in [2.75, 3.05) is 5.32 Å². The van der Waals surface area contributed by atoms with E-state index in [0.717, 1.165) is 24.1 Å². The van der Waals surface area contributed by atoms with E-state index in [2.05, 4.69) is 33.6 Å². The fourth-order valence-electron chi connectivity index (χ4n) is 2.95. The minimum absolute atomic E-state index is 0.122. The lowest BCUT2D eigenvalue weighted by Gasteiger charge is -2.12. The summed E-state index contributed by atoms with van der Waals surface area (Å²) in [5.41, 5.74) is 3.68. The Balaban J connectivity index is 1.72. The molecule has 0 saturated heterocycles. The first-order chi connectivity index (χ1) is 11.1. The van der Waals surface area contributed by atoms with Gasteiger partial charge < -0.3 is 10.6 Å². The van der Waals surface area contributed by atoms with Crippen molar-refractivity contribution in [2.45, 2.75) is 45.6 Å². The first-order valence-electron chi connectivity index (χ1n) is 8.10. The van der Waals surface area contributed by atoms with Crippen molar-refractivity contribution in [2.24, 2.45) is 0 Å². The van der Waals surface area contributed by atoms with E-state index in [9.17, 15) is 4.79 Å². The molecule has 2 N–H and O–H groups in total. The molecule has 0 radical (unpaired) electrons. The molecule has 1 heterocycles. The zero-order chi connectivity index (χ0) is 16.2. The molecule has 120 valence electrons. The second-order valence-electron chi connectivity index (χ2n) is 6.16. The quantitative estimate of drug-likeness (QED) is 0.907. The minimum Gasteiger partial charge on any atom is -0.348 e. The molecular formula is C18H22N4O. The van der Waals surface area contributed by atoms with Crippen LogP contribution in [-0.4, -0.2) is 21.9 Å². The summed E-state index contributed by atoms with van der Waals surface area (Å²) >= 11 is 0. The monoisotopic (exact) mass is 310 g/mol. The highest BCUT2D eigenvalue weighted by Gasteiger charge is 2.19. The van der Waals surface area contributed by atoms with E-state index in [1.54, 1.807) is 12.3 Å². The number of anilines is 2. The lowest BCUT2D eigenvalue weighted by Crippen LogP contribution is -2.33. The first-order valence-corrected chi connectivity index (χ1v) is 8.10. The van der Waals surface area contributed by atoms with Crippen LogP contribution in [0.4, 0.5) is 11.6 Å². The molecular weight excluding hydrogens is 288 g/mol. The Morgan fingerprint density at radius 2 is 1.96 bits per heavy atom. The molecule has 0 spiro atoms. The molecule has 5 nitrogen and oxygen atoms in total. The second kappa shape index (κ2) is 6.77. The average molecular weight is 310 g/mol. The fraction of sp³-hybridized carbons (Fsp3) is 0.389. The molecule has 2 aromatic rings. The number of nitrogens with one attached hydrogen (secondary N) is 2. The van der Waals surface area contributed by atoms with Crippen LogP contribution in [0.1, 0.15) is 47.3 Å². The van der Waals surface area contributed by atoms with Crippen molar-refractivity contribution in [1.29, 1.82) is 0 Å². The molecule has 1 aliphatic carbocycles. The molecule has 0 bridgehead atoms. The topological polar surface area (TPSA) is 66.9 Å². The number of carbonyl (C=O) groups excluding carboxylic acids is 1. The van der Waals surface area contributed by atoms with Gasteiger partial charge >= 0.3 is 0 Å². The Hall–Kier alpha value is -2.43. The number of nitrogens with zero attached hydrogens (tertiary/aromatic N) is 2. The van der Waals surface area contributed by atoms with Crippen LogP contribution in [0.25, 0.3) is 0 Å². The Bertz CT molecular complexity index is 708. The highest BCUT2D eigenvalue weighted by Crippen LogP contribution is 2.20. The molecule has 1 aliphatic rings. The van der Waals surface area contributed by atoms with Crippen LogP contribution in [-0.2, 0) is 0 Å². The summed E-state index contributed by atoms with van der Waals surface area (Å²) in [6.45, 7) is 4.09. The van der Waals surface area contributed by atoms with Crippen LogP contribution in [0.2, 0.25) is 0 Å². The molecule has 3 rings (SSSR count). The standard InChI is InChI=1S/C18H22N4O/c1-12-7-8-15(13(2)11-12)21-18-19-10-9-16(22-18)17(23)20-14-5-3-4-6-14/h7-11,14H,3-6H2,1-2H3,(H,20,23)(H,19,21,22). The highest BCUT2D eigenvalue weighted by atomic mass is 16.1. The van der Waals surface area contributed by atoms with E-state index in [-0.39, 0.29) is 11.9 Å². The summed E-state index contributed by atoms with van der Waals surface area (Å²) in [6.07, 6.45) is 6.11. The van der Waals surface area contributed by atoms with E-state index >= 15 is 0 Å². The van der Waals surface area contributed by atoms with E-state index in [0.29, 0.717) is 11.6 Å². The van der Waals surface area contributed by atoms with Crippen LogP contribution in [0, 0.1) is 13.8 Å². The molecule has 1 aromatic carbocycles. The lowest BCUT2D eigenvalue weighted by molar-refractivity contribution is 0.0933. The fourth-order valence-corrected chi connectivity index (χ4v) is 2.95. The SMILES string of the molecule is Cc1ccc(Nc2nccc(C(=O)NC3CCCC3)n2)c(C)c1. The number of hydrogen-bond acceptors (Lipinski definition) is 4. The Morgan fingerprint density at radius 3 is 2.70 bits per heavy atom. The van der Waals surface area contributed by atoms with Gasteiger partial charge in [-0.25, -0.2) is 9.97 Å². The molecule has 1 amide bonds. The van der Waals surface area contributed by atoms with Crippen LogP contribution < -0.4 is 10.6 Å². The van der Waals surface area contributed by atoms with Crippen molar-refractivity contribution >= 4 is 17.5 Å². The predicted molar refractivity (Wildman–Crippen MR) is 91.0 cm³/mol. The van der Waals surface area contributed by atoms with Crippen molar-refractivity contribution in [3.05, 3.63) is 47.3 Å². The highest BCUT2D eigenvalue weighted by molar-refractivity contribution is 5.92. The molecule has 5 heteroatoms. The third-order valence-corrected chi connectivity index (χ3v) is 4.21. The number of carbonyl (C=O) groups is 1. The van der Waals surface area contributed by atoms with Gasteiger partial charge in [-0.05, 0) is 44.4 Å². The van der Waals surface area contributed by atoms with Gasteiger partial charge in [-0.15, -0.1) is 0 Å². The van der Waals surface area contributed by atoms with Gasteiger partial charge in [0.05, 0.1) is 0 Å². The summed E-state index contributed by atoms with van der Waals surface area (Å²) in [7, 11) is 0. The zero-order valence-electron chi connectivity index (χ0n) is 13.6. The Morgan fingerprint density at radius 1 is 1.17 bits per heavy atom. The summed E-state index contributed by atoms with van der Waals surface area (Å²) in [5, 5.41) is 6.23. The number of aryl methyl sites for hydroxylation is 2. The van der Waals surface area contributed by atoms with Gasteiger partial charge in [0, 0.05) is 17.9 Å². The van der Waals surface area contributed by atoms with Gasteiger partial charge in [0.25, 0.3) is 5.91 Å². The van der Waals surface area contributed by atoms with Gasteiger partial charge in [0.1, 0.15) is 5.69 Å². The summed E-state index contributed by atoms with van der Waals surface area (Å²) in [6, 6.07) is 8.06. The molecule has 1 aromatic heterocycles. The molecule has 0 aliphatic heterocycles. The predicted octanol–water partition coefficient (Wildman–Crippen LogP) is 3.51. The van der Waals surface area contributed by atoms with Crippen LogP contribution in [0.15, 0.2) is 30.5 Å². The number of hydrogen-bond donors (Lipinski definition) is 2. The molecule has 1 fully saturated rings. The summed E-state index contributed by atoms with van der Waals surface area (Å²) in [4.78, 5) is 20.8. The Kier molecular flexibility index (Phi) is 4.55. The van der Waals surface area contributed by atoms with E-state index in [1.807, 2.05) is 19.1 Å². The number of rotatable bonds is 4. The smallest absolute Gasteiger partial charge is 0.270 e. The molecule has 0 atom stereocenters. The molecule has 23 heavy (non-hydrogen) atoms. The number of amides is 1. The lowest BCUT2D eigenvalue weighted by atomic mass is 10.1. The Labute approximate surface area is 136 Å². The maximum atomic E-state index is 12.3. The van der Waals surface area contributed by atoms with Gasteiger partial charge in [-0.2, -0.15) is 0 Å². The van der Waals surface area contributed by atoms with Crippen LogP contribution in [0.3, 0.4) is 0 Å². The van der Waals surface area contributed by atoms with Crippen LogP contribution >= 0.6 is 0 Å². The second-order valence-corrected chi connectivity index (χ2v) is 6.16. The molecule has 0 unspecified atom stereocenters. The number of aromatic nitrogens is 2. The van der Waals surface area contributed by atoms with Crippen molar-refractivity contribution in [1.82, 2.24) is 15.3 Å².